The van der Waals surface area contributed by atoms with Crippen LogP contribution in [0, 0.1) is 11.6 Å². The number of halogens is 3. The number of benzene rings is 2. The van der Waals surface area contributed by atoms with Gasteiger partial charge in [0, 0.05) is 17.1 Å². The van der Waals surface area contributed by atoms with Crippen LogP contribution < -0.4 is 10.6 Å². The fraction of sp³-hybridized carbons (Fsp3) is 0.0667. The van der Waals surface area contributed by atoms with Gasteiger partial charge in [0.2, 0.25) is 5.91 Å². The first kappa shape index (κ1) is 16.1. The lowest BCUT2D eigenvalue weighted by Gasteiger charge is -2.10. The number of hydrogen-bond donors (Lipinski definition) is 2. The van der Waals surface area contributed by atoms with Crippen molar-refractivity contribution < 1.29 is 18.4 Å². The second kappa shape index (κ2) is 6.65. The summed E-state index contributed by atoms with van der Waals surface area (Å²) in [5, 5.41) is 4.83. The van der Waals surface area contributed by atoms with Gasteiger partial charge in [-0.1, -0.05) is 0 Å². The van der Waals surface area contributed by atoms with Crippen LogP contribution >= 0.6 is 15.9 Å². The van der Waals surface area contributed by atoms with E-state index in [0.717, 1.165) is 12.1 Å². The molecule has 2 aromatic carbocycles. The zero-order valence-electron chi connectivity index (χ0n) is 11.4. The molecule has 2 N–H and O–H groups in total. The molecule has 0 spiro atoms. The van der Waals surface area contributed by atoms with E-state index in [4.69, 9.17) is 0 Å². The highest BCUT2D eigenvalue weighted by Crippen LogP contribution is 2.22. The van der Waals surface area contributed by atoms with E-state index in [0.29, 0.717) is 4.47 Å². The normalized spacial score (nSPS) is 10.2. The highest BCUT2D eigenvalue weighted by atomic mass is 79.9. The molecular weight excluding hydrogens is 358 g/mol. The maximum Gasteiger partial charge on any atom is 0.256 e. The summed E-state index contributed by atoms with van der Waals surface area (Å²) in [5.41, 5.74) is 0.320. The lowest BCUT2D eigenvalue weighted by molar-refractivity contribution is -0.114. The molecule has 0 unspecified atom stereocenters. The van der Waals surface area contributed by atoms with Gasteiger partial charge in [-0.15, -0.1) is 0 Å². The fourth-order valence-electron chi connectivity index (χ4n) is 1.76. The summed E-state index contributed by atoms with van der Waals surface area (Å²) in [4.78, 5) is 23.1. The Labute approximate surface area is 133 Å². The minimum Gasteiger partial charge on any atom is -0.324 e. The number of hydrogen-bond acceptors (Lipinski definition) is 2. The molecular formula is C15H11BrF2N2O2. The van der Waals surface area contributed by atoms with Crippen LogP contribution in [-0.2, 0) is 4.79 Å². The summed E-state index contributed by atoms with van der Waals surface area (Å²) >= 11 is 3.16. The number of carbonyl (C=O) groups excluding carboxylic acids is 2. The van der Waals surface area contributed by atoms with Crippen molar-refractivity contribution in [2.75, 3.05) is 10.6 Å². The van der Waals surface area contributed by atoms with Crippen molar-refractivity contribution in [2.24, 2.45) is 0 Å². The number of amides is 2. The summed E-state index contributed by atoms with van der Waals surface area (Å²) in [6.45, 7) is 1.24. The van der Waals surface area contributed by atoms with Crippen LogP contribution in [0.3, 0.4) is 0 Å². The molecule has 114 valence electrons. The lowest BCUT2D eigenvalue weighted by Crippen LogP contribution is -2.14. The molecule has 0 atom stereocenters. The molecule has 2 amide bonds. The van der Waals surface area contributed by atoms with Crippen LogP contribution in [0.5, 0.6) is 0 Å². The van der Waals surface area contributed by atoms with E-state index in [1.54, 1.807) is 0 Å². The molecule has 0 aromatic heterocycles. The summed E-state index contributed by atoms with van der Waals surface area (Å²) in [5.74, 6) is -2.17. The fourth-order valence-corrected chi connectivity index (χ4v) is 2.19. The van der Waals surface area contributed by atoms with E-state index in [-0.39, 0.29) is 16.9 Å². The molecule has 0 aliphatic heterocycles. The van der Waals surface area contributed by atoms with Crippen molar-refractivity contribution in [2.45, 2.75) is 6.92 Å². The Balaban J connectivity index is 2.25. The monoisotopic (exact) mass is 368 g/mol. The molecule has 2 rings (SSSR count). The maximum atomic E-state index is 13.5. The van der Waals surface area contributed by atoms with Crippen molar-refractivity contribution in [1.82, 2.24) is 0 Å². The van der Waals surface area contributed by atoms with Gasteiger partial charge < -0.3 is 10.6 Å². The first-order valence-electron chi connectivity index (χ1n) is 6.20. The van der Waals surface area contributed by atoms with Crippen molar-refractivity contribution in [3.05, 3.63) is 58.1 Å². The molecule has 0 bridgehead atoms. The summed E-state index contributed by atoms with van der Waals surface area (Å²) in [7, 11) is 0. The van der Waals surface area contributed by atoms with E-state index in [2.05, 4.69) is 26.6 Å². The van der Waals surface area contributed by atoms with Crippen LogP contribution in [0.2, 0.25) is 0 Å². The standard InChI is InChI=1S/C15H11BrF2N2O2/c1-8(21)19-14-7-10(3-5-13(14)18)20-15(22)11-6-9(17)2-4-12(11)16/h2-7H,1H3,(H,19,21)(H,20,22). The van der Waals surface area contributed by atoms with Crippen molar-refractivity contribution in [3.8, 4) is 0 Å². The number of nitrogens with one attached hydrogen (secondary N) is 2. The van der Waals surface area contributed by atoms with E-state index < -0.39 is 23.4 Å². The van der Waals surface area contributed by atoms with E-state index in [1.807, 2.05) is 0 Å². The van der Waals surface area contributed by atoms with Gasteiger partial charge in [-0.25, -0.2) is 8.78 Å². The SMILES string of the molecule is CC(=O)Nc1cc(NC(=O)c2cc(F)ccc2Br)ccc1F. The van der Waals surface area contributed by atoms with Gasteiger partial charge in [0.05, 0.1) is 11.3 Å². The predicted molar refractivity (Wildman–Crippen MR) is 82.8 cm³/mol. The third kappa shape index (κ3) is 3.88. The first-order valence-corrected chi connectivity index (χ1v) is 6.99. The van der Waals surface area contributed by atoms with Gasteiger partial charge >= 0.3 is 0 Å². The van der Waals surface area contributed by atoms with Gasteiger partial charge in [-0.05, 0) is 52.3 Å². The summed E-state index contributed by atoms with van der Waals surface area (Å²) in [6.07, 6.45) is 0. The molecule has 2 aromatic rings. The average molecular weight is 369 g/mol. The topological polar surface area (TPSA) is 58.2 Å². The minimum absolute atomic E-state index is 0.0522. The molecule has 0 radical (unpaired) electrons. The largest absolute Gasteiger partial charge is 0.324 e. The third-order valence-electron chi connectivity index (χ3n) is 2.71. The second-order valence-corrected chi connectivity index (χ2v) is 5.31. The van der Waals surface area contributed by atoms with E-state index >= 15 is 0 Å². The zero-order valence-corrected chi connectivity index (χ0v) is 13.0. The van der Waals surface area contributed by atoms with Crippen molar-refractivity contribution >= 4 is 39.1 Å². The van der Waals surface area contributed by atoms with Crippen LogP contribution in [0.15, 0.2) is 40.9 Å². The Kier molecular flexibility index (Phi) is 4.87. The number of anilines is 2. The van der Waals surface area contributed by atoms with Gasteiger partial charge in [-0.2, -0.15) is 0 Å². The average Bonchev–Trinajstić information content (AvgIpc) is 2.44. The molecule has 0 heterocycles. The Bertz CT molecular complexity index is 750. The smallest absolute Gasteiger partial charge is 0.256 e. The van der Waals surface area contributed by atoms with Crippen LogP contribution in [0.1, 0.15) is 17.3 Å². The van der Waals surface area contributed by atoms with Crippen LogP contribution in [0.25, 0.3) is 0 Å². The van der Waals surface area contributed by atoms with Gasteiger partial charge in [0.1, 0.15) is 11.6 Å². The Morgan fingerprint density at radius 3 is 2.45 bits per heavy atom. The Morgan fingerprint density at radius 2 is 1.77 bits per heavy atom. The lowest BCUT2D eigenvalue weighted by atomic mass is 10.2. The highest BCUT2D eigenvalue weighted by molar-refractivity contribution is 9.10. The van der Waals surface area contributed by atoms with E-state index in [1.165, 1.54) is 31.2 Å². The third-order valence-corrected chi connectivity index (χ3v) is 3.40. The van der Waals surface area contributed by atoms with Gasteiger partial charge in [-0.3, -0.25) is 9.59 Å². The van der Waals surface area contributed by atoms with Gasteiger partial charge in [0.25, 0.3) is 5.91 Å². The first-order chi connectivity index (χ1) is 10.4. The molecule has 22 heavy (non-hydrogen) atoms. The Hall–Kier alpha value is -2.28. The summed E-state index contributed by atoms with van der Waals surface area (Å²) < 4.78 is 27.2. The second-order valence-electron chi connectivity index (χ2n) is 4.45. The molecule has 0 saturated heterocycles. The van der Waals surface area contributed by atoms with Crippen molar-refractivity contribution in [3.63, 3.8) is 0 Å². The molecule has 0 aliphatic carbocycles. The summed E-state index contributed by atoms with van der Waals surface area (Å²) in [6, 6.07) is 7.44. The predicted octanol–water partition coefficient (Wildman–Crippen LogP) is 3.94. The van der Waals surface area contributed by atoms with Crippen molar-refractivity contribution in [1.29, 1.82) is 0 Å². The minimum atomic E-state index is -0.625. The maximum absolute atomic E-state index is 13.5. The van der Waals surface area contributed by atoms with Crippen LogP contribution in [0.4, 0.5) is 20.2 Å². The number of carbonyl (C=O) groups is 2. The zero-order chi connectivity index (χ0) is 16.3. The molecule has 7 heteroatoms. The van der Waals surface area contributed by atoms with Gasteiger partial charge in [0.15, 0.2) is 0 Å². The molecule has 0 saturated carbocycles. The van der Waals surface area contributed by atoms with Crippen LogP contribution in [-0.4, -0.2) is 11.8 Å². The molecule has 0 fully saturated rings. The number of rotatable bonds is 3. The Morgan fingerprint density at radius 1 is 1.05 bits per heavy atom. The molecule has 4 nitrogen and oxygen atoms in total. The highest BCUT2D eigenvalue weighted by Gasteiger charge is 2.13. The van der Waals surface area contributed by atoms with E-state index in [9.17, 15) is 18.4 Å². The molecule has 0 aliphatic rings. The quantitative estimate of drug-likeness (QED) is 0.861.